The van der Waals surface area contributed by atoms with Crippen molar-refractivity contribution in [3.05, 3.63) is 96.1 Å². The number of fused-ring (bicyclic) bond motifs is 3. The third kappa shape index (κ3) is 8.53. The van der Waals surface area contributed by atoms with Crippen molar-refractivity contribution in [2.45, 2.75) is 95.9 Å². The number of carbonyl (C=O) groups excluding carboxylic acids is 2. The normalized spacial score (nSPS) is 25.2. The van der Waals surface area contributed by atoms with E-state index < -0.39 is 23.8 Å². The molecule has 2 saturated carbocycles. The van der Waals surface area contributed by atoms with E-state index in [9.17, 15) is 19.8 Å². The van der Waals surface area contributed by atoms with Gasteiger partial charge in [0.25, 0.3) is 0 Å². The molecule has 1 heterocycles. The highest BCUT2D eigenvalue weighted by atomic mass is 16.7. The molecular formula is C47H59N3O8. The first-order chi connectivity index (χ1) is 28.4. The Balaban J connectivity index is 1.46. The van der Waals surface area contributed by atoms with Crippen LogP contribution in [0.1, 0.15) is 88.7 Å². The summed E-state index contributed by atoms with van der Waals surface area (Å²) >= 11 is 0. The molecule has 6 atom stereocenters. The van der Waals surface area contributed by atoms with E-state index in [2.05, 4.69) is 42.2 Å². The largest absolute Gasteiger partial charge is 0.459 e. The molecule has 7 rings (SSSR count). The number of hydrogen-bond acceptors (Lipinski definition) is 9. The highest BCUT2D eigenvalue weighted by Crippen LogP contribution is 2.62. The molecule has 3 aromatic carbocycles. The van der Waals surface area contributed by atoms with E-state index in [4.69, 9.17) is 24.2 Å². The summed E-state index contributed by atoms with van der Waals surface area (Å²) < 4.78 is 20.3. The van der Waals surface area contributed by atoms with Crippen molar-refractivity contribution in [2.24, 2.45) is 28.8 Å². The SMILES string of the molecule is C=CCO[C@@]12Oc3ccc(OC(=O)NCC)cc3[C@H]3[C@H](CCCCO)[C@@H](CCCCO)C=C(C(=NOCC)C[C@@H]1N(Cc1cccc4ccccc14)C(=O)C1CC1)[C@H]32. The van der Waals surface area contributed by atoms with Crippen molar-refractivity contribution in [3.63, 3.8) is 0 Å². The Labute approximate surface area is 342 Å². The number of hydrogen-bond donors (Lipinski definition) is 3. The second kappa shape index (κ2) is 18.9. The van der Waals surface area contributed by atoms with Crippen LogP contribution in [0.15, 0.2) is 90.1 Å². The second-order valence-electron chi connectivity index (χ2n) is 16.0. The lowest BCUT2D eigenvalue weighted by molar-refractivity contribution is -0.258. The van der Waals surface area contributed by atoms with Gasteiger partial charge in [-0.25, -0.2) is 4.79 Å². The Kier molecular flexibility index (Phi) is 13.5. The molecule has 0 spiro atoms. The minimum Gasteiger partial charge on any atom is -0.459 e. The molecule has 0 aromatic heterocycles. The van der Waals surface area contributed by atoms with E-state index >= 15 is 0 Å². The van der Waals surface area contributed by atoms with E-state index in [1.807, 2.05) is 49.1 Å². The van der Waals surface area contributed by atoms with Crippen molar-refractivity contribution in [1.82, 2.24) is 10.2 Å². The van der Waals surface area contributed by atoms with Crippen molar-refractivity contribution < 1.29 is 38.9 Å². The van der Waals surface area contributed by atoms with E-state index in [0.29, 0.717) is 50.5 Å². The maximum atomic E-state index is 14.9. The molecule has 310 valence electrons. The molecule has 3 N–H and O–H groups in total. The fourth-order valence-electron chi connectivity index (χ4n) is 9.66. The molecule has 3 aromatic rings. The first-order valence-corrected chi connectivity index (χ1v) is 21.3. The Morgan fingerprint density at radius 3 is 2.53 bits per heavy atom. The zero-order valence-electron chi connectivity index (χ0n) is 33.9. The first kappa shape index (κ1) is 41.4. The topological polar surface area (TPSA) is 139 Å². The number of unbranched alkanes of at least 4 members (excludes halogenated alkanes) is 2. The Bertz CT molecular complexity index is 1990. The number of ether oxygens (including phenoxy) is 3. The van der Waals surface area contributed by atoms with E-state index in [1.54, 1.807) is 12.1 Å². The zero-order valence-corrected chi connectivity index (χ0v) is 33.9. The van der Waals surface area contributed by atoms with Crippen LogP contribution in [0.3, 0.4) is 0 Å². The van der Waals surface area contributed by atoms with Crippen molar-refractivity contribution in [1.29, 1.82) is 0 Å². The van der Waals surface area contributed by atoms with Crippen LogP contribution in [-0.2, 0) is 20.9 Å². The predicted octanol–water partition coefficient (Wildman–Crippen LogP) is 8.04. The number of benzene rings is 3. The molecule has 0 bridgehead atoms. The smallest absolute Gasteiger partial charge is 0.412 e. The maximum Gasteiger partial charge on any atom is 0.412 e. The van der Waals surface area contributed by atoms with Crippen LogP contribution < -0.4 is 14.8 Å². The van der Waals surface area contributed by atoms with Crippen LogP contribution in [0.4, 0.5) is 4.79 Å². The summed E-state index contributed by atoms with van der Waals surface area (Å²) in [6.45, 7) is 9.32. The van der Waals surface area contributed by atoms with Gasteiger partial charge in [0.05, 0.1) is 18.2 Å². The maximum absolute atomic E-state index is 14.9. The molecule has 4 aliphatic rings. The molecular weight excluding hydrogens is 735 g/mol. The van der Waals surface area contributed by atoms with Gasteiger partial charge in [-0.2, -0.15) is 0 Å². The minimum atomic E-state index is -1.37. The highest BCUT2D eigenvalue weighted by Gasteiger charge is 2.66. The molecule has 0 radical (unpaired) electrons. The first-order valence-electron chi connectivity index (χ1n) is 21.3. The average Bonchev–Trinajstić information content (AvgIpc) is 4.09. The van der Waals surface area contributed by atoms with Crippen LogP contribution in [0, 0.1) is 23.7 Å². The zero-order chi connectivity index (χ0) is 40.6. The van der Waals surface area contributed by atoms with Gasteiger partial charge in [-0.3, -0.25) is 4.79 Å². The average molecular weight is 794 g/mol. The third-order valence-electron chi connectivity index (χ3n) is 12.3. The van der Waals surface area contributed by atoms with Gasteiger partial charge in [-0.05, 0) is 104 Å². The van der Waals surface area contributed by atoms with E-state index in [-0.39, 0.29) is 49.4 Å². The van der Waals surface area contributed by atoms with Crippen LogP contribution in [0.2, 0.25) is 0 Å². The standard InChI is InChI=1S/C47H59N3O8/c1-4-26-55-47-42(50(45(53)32-20-21-32)30-34-17-13-16-31-14-7-8-18-36(31)34)29-40(49-56-6-3)38-27-33(15-9-11-24-51)37(19-10-12-25-52)43(44(38)47)39-28-35(22-23-41(39)58-47)57-46(54)48-5-2/h4,7-8,13-14,16-18,22-23,27-28,32-33,37,42-44,51-52H,1,5-6,9-12,15,19-21,24-26,29-30H2,2-3H3,(H,48,54)/t33-,37+,42-,43+,44+,47+/m0/s1. The predicted molar refractivity (Wildman–Crippen MR) is 224 cm³/mol. The number of amides is 2. The monoisotopic (exact) mass is 793 g/mol. The summed E-state index contributed by atoms with van der Waals surface area (Å²) in [5, 5.41) is 29.5. The third-order valence-corrected chi connectivity index (χ3v) is 12.3. The van der Waals surface area contributed by atoms with Crippen molar-refractivity contribution in [3.8, 4) is 11.5 Å². The minimum absolute atomic E-state index is 0.0470. The Morgan fingerprint density at radius 2 is 1.79 bits per heavy atom. The lowest BCUT2D eigenvalue weighted by Crippen LogP contribution is -2.70. The lowest BCUT2D eigenvalue weighted by Gasteiger charge is -2.60. The van der Waals surface area contributed by atoms with Gasteiger partial charge in [0.15, 0.2) is 0 Å². The van der Waals surface area contributed by atoms with E-state index in [1.165, 1.54) is 0 Å². The van der Waals surface area contributed by atoms with Gasteiger partial charge >= 0.3 is 6.09 Å². The van der Waals surface area contributed by atoms with Crippen LogP contribution in [0.25, 0.3) is 10.8 Å². The summed E-state index contributed by atoms with van der Waals surface area (Å²) in [5.74, 6) is -0.942. The summed E-state index contributed by atoms with van der Waals surface area (Å²) in [6.07, 6.45) is 10.1. The van der Waals surface area contributed by atoms with Crippen molar-refractivity contribution in [2.75, 3.05) is 33.0 Å². The van der Waals surface area contributed by atoms with Gasteiger partial charge in [-0.1, -0.05) is 72.6 Å². The summed E-state index contributed by atoms with van der Waals surface area (Å²) in [4.78, 5) is 35.5. The number of nitrogens with one attached hydrogen (secondary N) is 1. The quantitative estimate of drug-likeness (QED) is 0.0630. The molecule has 0 unspecified atom stereocenters. The van der Waals surface area contributed by atoms with Crippen LogP contribution in [-0.4, -0.2) is 77.6 Å². The van der Waals surface area contributed by atoms with Crippen molar-refractivity contribution >= 4 is 28.5 Å². The highest BCUT2D eigenvalue weighted by molar-refractivity contribution is 6.03. The number of aliphatic hydroxyl groups is 2. The Hall–Kier alpha value is -4.71. The number of rotatable bonds is 19. The number of nitrogens with zero attached hydrogens (tertiary/aromatic N) is 2. The van der Waals surface area contributed by atoms with E-state index in [0.717, 1.165) is 71.7 Å². The molecule has 1 aliphatic heterocycles. The van der Waals surface area contributed by atoms with Crippen LogP contribution in [0.5, 0.6) is 11.5 Å². The fraction of sp³-hybridized carbons (Fsp3) is 0.511. The molecule has 11 heteroatoms. The fourth-order valence-corrected chi connectivity index (χ4v) is 9.66. The van der Waals surface area contributed by atoms with Crippen LogP contribution >= 0.6 is 0 Å². The van der Waals surface area contributed by atoms with Gasteiger partial charge in [-0.15, -0.1) is 6.58 Å². The number of allylic oxidation sites excluding steroid dienone is 1. The van der Waals surface area contributed by atoms with Gasteiger partial charge in [0.1, 0.15) is 24.1 Å². The molecule has 11 nitrogen and oxygen atoms in total. The molecule has 3 aliphatic carbocycles. The van der Waals surface area contributed by atoms with Gasteiger partial charge < -0.3 is 39.5 Å². The molecule has 58 heavy (non-hydrogen) atoms. The van der Waals surface area contributed by atoms with Gasteiger partial charge in [0.2, 0.25) is 11.7 Å². The summed E-state index contributed by atoms with van der Waals surface area (Å²) in [6, 6.07) is 19.4. The molecule has 2 fully saturated rings. The van der Waals surface area contributed by atoms with Gasteiger partial charge in [0, 0.05) is 50.1 Å². The summed E-state index contributed by atoms with van der Waals surface area (Å²) in [7, 11) is 0. The second-order valence-corrected chi connectivity index (χ2v) is 16.0. The Morgan fingerprint density at radius 1 is 1.02 bits per heavy atom. The molecule has 2 amide bonds. The summed E-state index contributed by atoms with van der Waals surface area (Å²) in [5.41, 5.74) is 3.65. The number of carbonyl (C=O) groups is 2. The lowest BCUT2D eigenvalue weighted by atomic mass is 9.55. The number of oxime groups is 1. The molecule has 0 saturated heterocycles. The number of aliphatic hydroxyl groups excluding tert-OH is 2.